The highest BCUT2D eigenvalue weighted by Gasteiger charge is 2.08. The van der Waals surface area contributed by atoms with Crippen LogP contribution in [0, 0.1) is 0 Å². The molecule has 0 amide bonds. The lowest BCUT2D eigenvalue weighted by molar-refractivity contribution is -0.110. The van der Waals surface area contributed by atoms with Crippen LogP contribution in [0.25, 0.3) is 0 Å². The predicted octanol–water partition coefficient (Wildman–Crippen LogP) is 0.624. The summed E-state index contributed by atoms with van der Waals surface area (Å²) in [5.74, 6) is -0.579. The number of nitrogen functional groups attached to an aromatic ring is 1. The smallest absolute Gasteiger partial charge is 0.340 e. The summed E-state index contributed by atoms with van der Waals surface area (Å²) in [5.41, 5.74) is 6.13. The van der Waals surface area contributed by atoms with E-state index in [1.807, 2.05) is 0 Å². The van der Waals surface area contributed by atoms with E-state index in [0.717, 1.165) is 0 Å². The Hall–Kier alpha value is -1.84. The van der Waals surface area contributed by atoms with E-state index in [2.05, 4.69) is 4.74 Å². The van der Waals surface area contributed by atoms with Crippen LogP contribution in [-0.4, -0.2) is 18.9 Å². The van der Waals surface area contributed by atoms with Gasteiger partial charge in [-0.05, 0) is 12.1 Å². The molecule has 68 valence electrons. The normalized spacial score (nSPS) is 9.23. The van der Waals surface area contributed by atoms with Gasteiger partial charge in [-0.15, -0.1) is 0 Å². The Morgan fingerprint density at radius 1 is 1.46 bits per heavy atom. The Bertz CT molecular complexity index is 322. The summed E-state index contributed by atoms with van der Waals surface area (Å²) in [5, 5.41) is 0. The van der Waals surface area contributed by atoms with Gasteiger partial charge in [0.25, 0.3) is 0 Å². The average molecular weight is 179 g/mol. The minimum absolute atomic E-state index is 0.243. The number of benzene rings is 1. The van der Waals surface area contributed by atoms with E-state index in [1.165, 1.54) is 0 Å². The molecule has 0 saturated heterocycles. The van der Waals surface area contributed by atoms with E-state index >= 15 is 0 Å². The van der Waals surface area contributed by atoms with Crippen molar-refractivity contribution in [1.29, 1.82) is 0 Å². The van der Waals surface area contributed by atoms with Crippen molar-refractivity contribution in [3.63, 3.8) is 0 Å². The van der Waals surface area contributed by atoms with E-state index in [9.17, 15) is 9.59 Å². The topological polar surface area (TPSA) is 69.4 Å². The zero-order chi connectivity index (χ0) is 9.68. The Labute approximate surface area is 75.3 Å². The third kappa shape index (κ3) is 2.30. The fourth-order valence-electron chi connectivity index (χ4n) is 0.870. The van der Waals surface area contributed by atoms with E-state index < -0.39 is 5.97 Å². The minimum Gasteiger partial charge on any atom is -0.454 e. The second-order valence-electron chi connectivity index (χ2n) is 2.35. The first-order valence-electron chi connectivity index (χ1n) is 3.71. The van der Waals surface area contributed by atoms with Gasteiger partial charge in [-0.25, -0.2) is 4.79 Å². The maximum Gasteiger partial charge on any atom is 0.340 e. The Balaban J connectivity index is 2.76. The average Bonchev–Trinajstić information content (AvgIpc) is 2.15. The Morgan fingerprint density at radius 3 is 2.77 bits per heavy atom. The van der Waals surface area contributed by atoms with Crippen molar-refractivity contribution >= 4 is 17.9 Å². The fraction of sp³-hybridized carbons (Fsp3) is 0.111. The number of carbonyl (C=O) groups is 2. The first-order valence-corrected chi connectivity index (χ1v) is 3.71. The molecule has 4 heteroatoms. The highest BCUT2D eigenvalue weighted by atomic mass is 16.5. The van der Waals surface area contributed by atoms with E-state index in [4.69, 9.17) is 5.73 Å². The number of para-hydroxylation sites is 1. The number of aldehydes is 1. The molecule has 1 aromatic carbocycles. The lowest BCUT2D eigenvalue weighted by atomic mass is 10.2. The third-order valence-electron chi connectivity index (χ3n) is 1.46. The highest BCUT2D eigenvalue weighted by molar-refractivity contribution is 5.95. The summed E-state index contributed by atoms with van der Waals surface area (Å²) in [4.78, 5) is 21.1. The molecule has 0 aliphatic heterocycles. The van der Waals surface area contributed by atoms with Gasteiger partial charge in [-0.2, -0.15) is 0 Å². The summed E-state index contributed by atoms with van der Waals surface area (Å²) in [6, 6.07) is 6.53. The summed E-state index contributed by atoms with van der Waals surface area (Å²) in [6.45, 7) is -0.243. The monoisotopic (exact) mass is 179 g/mol. The molecular formula is C9H9NO3. The first kappa shape index (κ1) is 9.25. The van der Waals surface area contributed by atoms with Crippen molar-refractivity contribution in [2.75, 3.05) is 12.3 Å². The molecule has 0 spiro atoms. The van der Waals surface area contributed by atoms with Gasteiger partial charge in [0, 0.05) is 5.69 Å². The molecule has 0 aromatic heterocycles. The molecule has 0 radical (unpaired) electrons. The number of ether oxygens (including phenoxy) is 1. The van der Waals surface area contributed by atoms with Crippen LogP contribution in [0.1, 0.15) is 10.4 Å². The molecular weight excluding hydrogens is 170 g/mol. The molecule has 0 bridgehead atoms. The number of hydrogen-bond donors (Lipinski definition) is 1. The number of hydrogen-bond acceptors (Lipinski definition) is 4. The van der Waals surface area contributed by atoms with Crippen molar-refractivity contribution in [2.45, 2.75) is 0 Å². The summed E-state index contributed by atoms with van der Waals surface area (Å²) in [7, 11) is 0. The van der Waals surface area contributed by atoms with Crippen molar-refractivity contribution in [2.24, 2.45) is 0 Å². The number of carbonyl (C=O) groups excluding carboxylic acids is 2. The SMILES string of the molecule is Nc1ccccc1C(=O)OCC=O. The van der Waals surface area contributed by atoms with E-state index in [-0.39, 0.29) is 12.2 Å². The number of nitrogens with two attached hydrogens (primary N) is 1. The molecule has 0 saturated carbocycles. The van der Waals surface area contributed by atoms with Gasteiger partial charge in [-0.1, -0.05) is 12.1 Å². The quantitative estimate of drug-likeness (QED) is 0.419. The minimum atomic E-state index is -0.579. The molecule has 13 heavy (non-hydrogen) atoms. The molecule has 4 nitrogen and oxygen atoms in total. The van der Waals surface area contributed by atoms with Crippen LogP contribution in [0.2, 0.25) is 0 Å². The maximum absolute atomic E-state index is 11.2. The molecule has 0 aliphatic carbocycles. The van der Waals surface area contributed by atoms with Crippen LogP contribution >= 0.6 is 0 Å². The maximum atomic E-state index is 11.2. The zero-order valence-electron chi connectivity index (χ0n) is 6.90. The lowest BCUT2D eigenvalue weighted by Crippen LogP contribution is -2.09. The van der Waals surface area contributed by atoms with Gasteiger partial charge in [0.15, 0.2) is 6.29 Å². The largest absolute Gasteiger partial charge is 0.454 e. The first-order chi connectivity index (χ1) is 6.25. The zero-order valence-corrected chi connectivity index (χ0v) is 6.90. The number of anilines is 1. The standard InChI is InChI=1S/C9H9NO3/c10-8-4-2-1-3-7(8)9(12)13-6-5-11/h1-5H,6,10H2. The van der Waals surface area contributed by atoms with Crippen molar-refractivity contribution in [3.05, 3.63) is 29.8 Å². The summed E-state index contributed by atoms with van der Waals surface area (Å²) in [6.07, 6.45) is 0.511. The van der Waals surface area contributed by atoms with Gasteiger partial charge >= 0.3 is 5.97 Å². The van der Waals surface area contributed by atoms with Crippen LogP contribution in [0.5, 0.6) is 0 Å². The highest BCUT2D eigenvalue weighted by Crippen LogP contribution is 2.11. The number of rotatable bonds is 3. The predicted molar refractivity (Wildman–Crippen MR) is 47.2 cm³/mol. The van der Waals surface area contributed by atoms with Gasteiger partial charge in [0.05, 0.1) is 5.56 Å². The molecule has 1 aromatic rings. The Morgan fingerprint density at radius 2 is 2.15 bits per heavy atom. The Kier molecular flexibility index (Phi) is 3.03. The van der Waals surface area contributed by atoms with Gasteiger partial charge in [-0.3, -0.25) is 4.79 Å². The fourth-order valence-corrected chi connectivity index (χ4v) is 0.870. The summed E-state index contributed by atoms with van der Waals surface area (Å²) >= 11 is 0. The third-order valence-corrected chi connectivity index (χ3v) is 1.46. The molecule has 1 rings (SSSR count). The van der Waals surface area contributed by atoms with Gasteiger partial charge in [0.2, 0.25) is 0 Å². The van der Waals surface area contributed by atoms with Gasteiger partial charge < -0.3 is 10.5 Å². The van der Waals surface area contributed by atoms with Crippen LogP contribution in [0.4, 0.5) is 5.69 Å². The number of esters is 1. The molecule has 0 unspecified atom stereocenters. The van der Waals surface area contributed by atoms with Crippen molar-refractivity contribution in [1.82, 2.24) is 0 Å². The van der Waals surface area contributed by atoms with E-state index in [1.54, 1.807) is 24.3 Å². The van der Waals surface area contributed by atoms with Crippen molar-refractivity contribution < 1.29 is 14.3 Å². The lowest BCUT2D eigenvalue weighted by Gasteiger charge is -2.02. The molecule has 0 atom stereocenters. The van der Waals surface area contributed by atoms with Crippen LogP contribution in [0.3, 0.4) is 0 Å². The second kappa shape index (κ2) is 4.25. The summed E-state index contributed by atoms with van der Waals surface area (Å²) < 4.78 is 4.57. The van der Waals surface area contributed by atoms with Crippen molar-refractivity contribution in [3.8, 4) is 0 Å². The molecule has 0 heterocycles. The van der Waals surface area contributed by atoms with E-state index in [0.29, 0.717) is 12.0 Å². The second-order valence-corrected chi connectivity index (χ2v) is 2.35. The van der Waals surface area contributed by atoms with Gasteiger partial charge in [0.1, 0.15) is 6.61 Å². The molecule has 0 fully saturated rings. The molecule has 0 aliphatic rings. The van der Waals surface area contributed by atoms with Crippen LogP contribution in [0.15, 0.2) is 24.3 Å². The van der Waals surface area contributed by atoms with Crippen LogP contribution in [-0.2, 0) is 9.53 Å². The van der Waals surface area contributed by atoms with Crippen LogP contribution < -0.4 is 5.73 Å². The molecule has 2 N–H and O–H groups in total.